The Labute approximate surface area is 266 Å². The SMILES string of the molecule is Brc1cc(-c2ccc3oc4ccccc4c3c2)cc(-c2cc(-c3ccc4c(c3)oc3ccccc34)nc(-c3ccccc3)n2)c1. The van der Waals surface area contributed by atoms with Gasteiger partial charge in [-0.3, -0.25) is 0 Å². The van der Waals surface area contributed by atoms with Gasteiger partial charge < -0.3 is 8.83 Å². The van der Waals surface area contributed by atoms with Crippen LogP contribution in [-0.4, -0.2) is 9.97 Å². The second kappa shape index (κ2) is 10.3. The lowest BCUT2D eigenvalue weighted by atomic mass is 9.99. The highest BCUT2D eigenvalue weighted by Gasteiger charge is 2.15. The predicted octanol–water partition coefficient (Wildman–Crippen LogP) is 11.7. The maximum atomic E-state index is 6.22. The quantitative estimate of drug-likeness (QED) is 0.192. The van der Waals surface area contributed by atoms with E-state index in [2.05, 4.69) is 88.7 Å². The van der Waals surface area contributed by atoms with Crippen molar-refractivity contribution in [2.45, 2.75) is 0 Å². The van der Waals surface area contributed by atoms with E-state index in [1.807, 2.05) is 66.7 Å². The molecule has 0 fully saturated rings. The van der Waals surface area contributed by atoms with E-state index in [-0.39, 0.29) is 0 Å². The summed E-state index contributed by atoms with van der Waals surface area (Å²) in [4.78, 5) is 10.1. The summed E-state index contributed by atoms with van der Waals surface area (Å²) in [6.07, 6.45) is 0. The van der Waals surface area contributed by atoms with Gasteiger partial charge in [0, 0.05) is 42.7 Å². The Hall–Kier alpha value is -5.52. The summed E-state index contributed by atoms with van der Waals surface area (Å²) in [6, 6.07) is 47.6. The van der Waals surface area contributed by atoms with E-state index >= 15 is 0 Å². The molecule has 45 heavy (non-hydrogen) atoms. The van der Waals surface area contributed by atoms with Crippen LogP contribution in [0, 0.1) is 0 Å². The molecule has 0 radical (unpaired) electrons. The topological polar surface area (TPSA) is 52.1 Å². The average Bonchev–Trinajstić information content (AvgIpc) is 3.66. The van der Waals surface area contributed by atoms with Crippen molar-refractivity contribution in [2.75, 3.05) is 0 Å². The van der Waals surface area contributed by atoms with Gasteiger partial charge in [0.2, 0.25) is 0 Å². The van der Waals surface area contributed by atoms with E-state index in [4.69, 9.17) is 18.8 Å². The van der Waals surface area contributed by atoms with E-state index in [0.29, 0.717) is 5.82 Å². The van der Waals surface area contributed by atoms with Crippen molar-refractivity contribution in [1.82, 2.24) is 9.97 Å². The molecule has 0 saturated carbocycles. The fraction of sp³-hybridized carbons (Fsp3) is 0. The molecule has 0 atom stereocenters. The summed E-state index contributed by atoms with van der Waals surface area (Å²) >= 11 is 3.79. The number of hydrogen-bond donors (Lipinski definition) is 0. The molecule has 0 bridgehead atoms. The first-order valence-corrected chi connectivity index (χ1v) is 15.5. The molecule has 9 rings (SSSR count). The molecule has 212 valence electrons. The Morgan fingerprint density at radius 3 is 1.78 bits per heavy atom. The normalized spacial score (nSPS) is 11.7. The summed E-state index contributed by atoms with van der Waals surface area (Å²) in [5.74, 6) is 0.667. The molecule has 0 amide bonds. The molecule has 0 saturated heterocycles. The fourth-order valence-corrected chi connectivity index (χ4v) is 6.65. The van der Waals surface area contributed by atoms with Crippen LogP contribution in [0.3, 0.4) is 0 Å². The maximum Gasteiger partial charge on any atom is 0.160 e. The van der Waals surface area contributed by atoms with Crippen molar-refractivity contribution in [3.05, 3.63) is 144 Å². The van der Waals surface area contributed by atoms with Crippen LogP contribution in [0.1, 0.15) is 0 Å². The molecule has 0 N–H and O–H groups in total. The van der Waals surface area contributed by atoms with Crippen molar-refractivity contribution in [2.24, 2.45) is 0 Å². The van der Waals surface area contributed by atoms with Crippen LogP contribution >= 0.6 is 15.9 Å². The van der Waals surface area contributed by atoms with Gasteiger partial charge in [0.15, 0.2) is 5.82 Å². The van der Waals surface area contributed by atoms with Crippen LogP contribution in [0.4, 0.5) is 0 Å². The molecular weight excluding hydrogens is 620 g/mol. The predicted molar refractivity (Wildman–Crippen MR) is 186 cm³/mol. The maximum absolute atomic E-state index is 6.22. The highest BCUT2D eigenvalue weighted by Crippen LogP contribution is 2.37. The Balaban J connectivity index is 1.21. The number of furan rings is 2. The first kappa shape index (κ1) is 25.9. The smallest absolute Gasteiger partial charge is 0.160 e. The fourth-order valence-electron chi connectivity index (χ4n) is 6.15. The second-order valence-electron chi connectivity index (χ2n) is 11.2. The van der Waals surface area contributed by atoms with Crippen LogP contribution in [0.2, 0.25) is 0 Å². The van der Waals surface area contributed by atoms with Gasteiger partial charge in [-0.1, -0.05) is 94.8 Å². The van der Waals surface area contributed by atoms with Crippen molar-refractivity contribution in [3.63, 3.8) is 0 Å². The molecule has 3 heterocycles. The molecule has 4 nitrogen and oxygen atoms in total. The Kier molecular flexibility index (Phi) is 5.93. The zero-order chi connectivity index (χ0) is 29.9. The average molecular weight is 644 g/mol. The minimum Gasteiger partial charge on any atom is -0.456 e. The molecular formula is C40H23BrN2O2. The first-order valence-electron chi connectivity index (χ1n) is 14.8. The highest BCUT2D eigenvalue weighted by molar-refractivity contribution is 9.10. The molecule has 0 aliphatic heterocycles. The number of para-hydroxylation sites is 2. The van der Waals surface area contributed by atoms with Gasteiger partial charge in [0.05, 0.1) is 11.4 Å². The van der Waals surface area contributed by atoms with Crippen molar-refractivity contribution < 1.29 is 8.83 Å². The monoisotopic (exact) mass is 642 g/mol. The van der Waals surface area contributed by atoms with Gasteiger partial charge in [-0.25, -0.2) is 9.97 Å². The zero-order valence-electron chi connectivity index (χ0n) is 23.9. The van der Waals surface area contributed by atoms with E-state index in [1.54, 1.807) is 0 Å². The van der Waals surface area contributed by atoms with Crippen LogP contribution < -0.4 is 0 Å². The number of rotatable bonds is 4. The van der Waals surface area contributed by atoms with Crippen LogP contribution in [0.25, 0.3) is 88.9 Å². The Morgan fingerprint density at radius 1 is 0.378 bits per heavy atom. The number of halogens is 1. The Morgan fingerprint density at radius 2 is 0.978 bits per heavy atom. The van der Waals surface area contributed by atoms with Crippen LogP contribution in [0.5, 0.6) is 0 Å². The van der Waals surface area contributed by atoms with Crippen molar-refractivity contribution in [3.8, 4) is 45.0 Å². The lowest BCUT2D eigenvalue weighted by molar-refractivity contribution is 0.668. The van der Waals surface area contributed by atoms with Gasteiger partial charge in [0.1, 0.15) is 22.3 Å². The number of hydrogen-bond acceptors (Lipinski definition) is 4. The summed E-state index contributed by atoms with van der Waals surface area (Å²) in [5.41, 5.74) is 10.2. The van der Waals surface area contributed by atoms with Crippen LogP contribution in [-0.2, 0) is 0 Å². The van der Waals surface area contributed by atoms with E-state index < -0.39 is 0 Å². The van der Waals surface area contributed by atoms with E-state index in [1.165, 1.54) is 0 Å². The minimum atomic E-state index is 0.667. The molecule has 5 heteroatoms. The zero-order valence-corrected chi connectivity index (χ0v) is 25.5. The molecule has 6 aromatic carbocycles. The van der Waals surface area contributed by atoms with Gasteiger partial charge >= 0.3 is 0 Å². The van der Waals surface area contributed by atoms with Gasteiger partial charge in [-0.05, 0) is 71.8 Å². The third-order valence-electron chi connectivity index (χ3n) is 8.34. The van der Waals surface area contributed by atoms with Gasteiger partial charge in [0.25, 0.3) is 0 Å². The number of aromatic nitrogens is 2. The van der Waals surface area contributed by atoms with Crippen LogP contribution in [0.15, 0.2) is 153 Å². The third-order valence-corrected chi connectivity index (χ3v) is 8.79. The largest absolute Gasteiger partial charge is 0.456 e. The number of fused-ring (bicyclic) bond motifs is 6. The first-order chi connectivity index (χ1) is 22.2. The van der Waals surface area contributed by atoms with Gasteiger partial charge in [-0.2, -0.15) is 0 Å². The second-order valence-corrected chi connectivity index (χ2v) is 12.1. The highest BCUT2D eigenvalue weighted by atomic mass is 79.9. The van der Waals surface area contributed by atoms with Gasteiger partial charge in [-0.15, -0.1) is 0 Å². The summed E-state index contributed by atoms with van der Waals surface area (Å²) in [5, 5.41) is 4.40. The minimum absolute atomic E-state index is 0.667. The molecule has 3 aromatic heterocycles. The molecule has 0 aliphatic carbocycles. The summed E-state index contributed by atoms with van der Waals surface area (Å²) in [7, 11) is 0. The number of benzene rings is 6. The molecule has 0 unspecified atom stereocenters. The lowest BCUT2D eigenvalue weighted by Gasteiger charge is -2.11. The molecule has 0 spiro atoms. The van der Waals surface area contributed by atoms with E-state index in [9.17, 15) is 0 Å². The molecule has 0 aliphatic rings. The number of nitrogens with zero attached hydrogens (tertiary/aromatic N) is 2. The van der Waals surface area contributed by atoms with Crippen molar-refractivity contribution in [1.29, 1.82) is 0 Å². The lowest BCUT2D eigenvalue weighted by Crippen LogP contribution is -1.96. The standard InChI is InChI=1S/C40H23BrN2O2/c41-29-19-27(25-15-17-38-33(21-25)31-11-5-7-13-37(31)44-38)18-28(20-29)35-23-34(42-40(43-35)24-8-2-1-3-9-24)26-14-16-32-30-10-4-6-12-36(30)45-39(32)22-26/h1-23H. The summed E-state index contributed by atoms with van der Waals surface area (Å²) in [6.45, 7) is 0. The third kappa shape index (κ3) is 4.52. The summed E-state index contributed by atoms with van der Waals surface area (Å²) < 4.78 is 13.3. The molecule has 9 aromatic rings. The Bertz CT molecular complexity index is 2560. The van der Waals surface area contributed by atoms with Crippen molar-refractivity contribution >= 4 is 59.8 Å². The van der Waals surface area contributed by atoms with E-state index in [0.717, 1.165) is 87.6 Å².